The van der Waals surface area contributed by atoms with Gasteiger partial charge in [-0.3, -0.25) is 0 Å². The summed E-state index contributed by atoms with van der Waals surface area (Å²) in [5.74, 6) is 0. The van der Waals surface area contributed by atoms with Crippen LogP contribution >= 0.6 is 0 Å². The third-order valence-electron chi connectivity index (χ3n) is 0.686. The molecular weight excluding hydrogens is 103 g/mol. The average Bonchev–Trinajstić information content (AvgIpc) is 1.81. The predicted molar refractivity (Wildman–Crippen MR) is 31.6 cm³/mol. The van der Waals surface area contributed by atoms with Crippen molar-refractivity contribution < 1.29 is 9.36 Å². The second-order valence-corrected chi connectivity index (χ2v) is 1.39. The molecule has 0 N–H and O–H groups in total. The molecule has 0 spiro atoms. The summed E-state index contributed by atoms with van der Waals surface area (Å²) in [5, 5.41) is 0. The first-order valence-corrected chi connectivity index (χ1v) is 2.66. The van der Waals surface area contributed by atoms with Gasteiger partial charge in [-0.25, -0.2) is 0 Å². The molecule has 0 aromatic rings. The van der Waals surface area contributed by atoms with E-state index in [1.807, 2.05) is 6.08 Å². The number of unbranched alkanes of at least 4 members (excludes halogenated alkanes) is 1. The SMILES string of the molecule is CCCC=COB=O. The third kappa shape index (κ3) is 5.40. The van der Waals surface area contributed by atoms with Crippen molar-refractivity contribution in [3.63, 3.8) is 0 Å². The minimum absolute atomic E-state index is 0.409. The van der Waals surface area contributed by atoms with E-state index in [0.717, 1.165) is 12.8 Å². The minimum atomic E-state index is 0.409. The average molecular weight is 112 g/mol. The van der Waals surface area contributed by atoms with E-state index in [4.69, 9.17) is 0 Å². The Bertz CT molecular complexity index is 80.5. The van der Waals surface area contributed by atoms with Crippen LogP contribution in [0.25, 0.3) is 0 Å². The van der Waals surface area contributed by atoms with Gasteiger partial charge in [-0.15, -0.1) is 0 Å². The molecule has 0 radical (unpaired) electrons. The van der Waals surface area contributed by atoms with Gasteiger partial charge < -0.3 is 0 Å². The summed E-state index contributed by atoms with van der Waals surface area (Å²) in [7, 11) is 0.409. The third-order valence-corrected chi connectivity index (χ3v) is 0.686. The Labute approximate surface area is 49.8 Å². The molecule has 8 heavy (non-hydrogen) atoms. The number of hydrogen-bond acceptors (Lipinski definition) is 2. The van der Waals surface area contributed by atoms with E-state index in [1.165, 1.54) is 6.26 Å². The van der Waals surface area contributed by atoms with E-state index in [-0.39, 0.29) is 0 Å². The molecule has 0 amide bonds. The van der Waals surface area contributed by atoms with Crippen LogP contribution in [0.2, 0.25) is 0 Å². The van der Waals surface area contributed by atoms with Gasteiger partial charge >= 0.3 is 48.8 Å². The van der Waals surface area contributed by atoms with Crippen LogP contribution in [0.4, 0.5) is 0 Å². The van der Waals surface area contributed by atoms with Crippen LogP contribution in [0, 0.1) is 0 Å². The van der Waals surface area contributed by atoms with E-state index in [0.29, 0.717) is 7.35 Å². The Morgan fingerprint density at radius 3 is 3.00 bits per heavy atom. The monoisotopic (exact) mass is 112 g/mol. The second kappa shape index (κ2) is 6.40. The van der Waals surface area contributed by atoms with E-state index < -0.39 is 0 Å². The van der Waals surface area contributed by atoms with Crippen molar-refractivity contribution in [3.05, 3.63) is 12.3 Å². The van der Waals surface area contributed by atoms with Gasteiger partial charge in [0.2, 0.25) is 0 Å². The Balaban J connectivity index is 2.94. The van der Waals surface area contributed by atoms with Crippen LogP contribution in [-0.2, 0) is 9.36 Å². The summed E-state index contributed by atoms with van der Waals surface area (Å²) in [4.78, 5) is 0. The van der Waals surface area contributed by atoms with Crippen LogP contribution in [0.15, 0.2) is 12.3 Å². The first-order chi connectivity index (χ1) is 3.91. The molecule has 0 aromatic heterocycles. The quantitative estimate of drug-likeness (QED) is 0.404. The molecule has 0 fully saturated rings. The molecule has 44 valence electrons. The molecule has 3 heteroatoms. The fourth-order valence-corrected chi connectivity index (χ4v) is 0.322. The van der Waals surface area contributed by atoms with Gasteiger partial charge in [0, 0.05) is 0 Å². The summed E-state index contributed by atoms with van der Waals surface area (Å²) in [5.41, 5.74) is 0. The zero-order chi connectivity index (χ0) is 6.24. The van der Waals surface area contributed by atoms with Crippen molar-refractivity contribution in [1.29, 1.82) is 0 Å². The van der Waals surface area contributed by atoms with Gasteiger partial charge in [-0.05, 0) is 0 Å². The van der Waals surface area contributed by atoms with Gasteiger partial charge in [-0.2, -0.15) is 0 Å². The molecule has 0 heterocycles. The van der Waals surface area contributed by atoms with E-state index >= 15 is 0 Å². The van der Waals surface area contributed by atoms with Crippen molar-refractivity contribution in [2.24, 2.45) is 0 Å². The summed E-state index contributed by atoms with van der Waals surface area (Å²) < 4.78 is 13.8. The molecular formula is C5H9BO2. The number of allylic oxidation sites excluding steroid dienone is 1. The molecule has 0 rings (SSSR count). The van der Waals surface area contributed by atoms with Gasteiger partial charge in [-0.1, -0.05) is 0 Å². The van der Waals surface area contributed by atoms with Crippen LogP contribution < -0.4 is 0 Å². The van der Waals surface area contributed by atoms with Crippen molar-refractivity contribution in [3.8, 4) is 0 Å². The van der Waals surface area contributed by atoms with Crippen molar-refractivity contribution in [2.45, 2.75) is 19.8 Å². The Morgan fingerprint density at radius 2 is 2.50 bits per heavy atom. The predicted octanol–water partition coefficient (Wildman–Crippen LogP) is 1.28. The normalized spacial score (nSPS) is 9.12. The fourth-order valence-electron chi connectivity index (χ4n) is 0.322. The van der Waals surface area contributed by atoms with Gasteiger partial charge in [0.05, 0.1) is 0 Å². The van der Waals surface area contributed by atoms with Gasteiger partial charge in [0.15, 0.2) is 0 Å². The maximum absolute atomic E-state index is 9.49. The van der Waals surface area contributed by atoms with Gasteiger partial charge in [0.25, 0.3) is 0 Å². The molecule has 0 saturated heterocycles. The van der Waals surface area contributed by atoms with Crippen LogP contribution in [0.3, 0.4) is 0 Å². The van der Waals surface area contributed by atoms with E-state index in [2.05, 4.69) is 11.6 Å². The summed E-state index contributed by atoms with van der Waals surface area (Å²) in [6.07, 6.45) is 5.26. The topological polar surface area (TPSA) is 26.3 Å². The molecule has 0 unspecified atom stereocenters. The summed E-state index contributed by atoms with van der Waals surface area (Å²) >= 11 is 0. The van der Waals surface area contributed by atoms with E-state index in [1.54, 1.807) is 0 Å². The molecule has 0 aliphatic carbocycles. The van der Waals surface area contributed by atoms with E-state index in [9.17, 15) is 4.70 Å². The molecule has 2 nitrogen and oxygen atoms in total. The van der Waals surface area contributed by atoms with Crippen molar-refractivity contribution >= 4 is 7.35 Å². The molecule has 0 aliphatic heterocycles. The molecule has 0 aromatic carbocycles. The zero-order valence-electron chi connectivity index (χ0n) is 4.96. The zero-order valence-corrected chi connectivity index (χ0v) is 4.96. The first kappa shape index (κ1) is 7.40. The maximum atomic E-state index is 9.49. The van der Waals surface area contributed by atoms with Crippen molar-refractivity contribution in [1.82, 2.24) is 0 Å². The summed E-state index contributed by atoms with van der Waals surface area (Å²) in [6, 6.07) is 0. The van der Waals surface area contributed by atoms with Crippen LogP contribution in [-0.4, -0.2) is 7.35 Å². The number of hydrogen-bond donors (Lipinski definition) is 0. The molecule has 0 saturated carbocycles. The Hall–Kier alpha value is -0.595. The molecule has 0 atom stereocenters. The Kier molecular flexibility index (Phi) is 5.93. The fraction of sp³-hybridized carbons (Fsp3) is 0.600. The second-order valence-electron chi connectivity index (χ2n) is 1.39. The summed E-state index contributed by atoms with van der Waals surface area (Å²) in [6.45, 7) is 2.06. The van der Waals surface area contributed by atoms with Gasteiger partial charge in [0.1, 0.15) is 0 Å². The standard InChI is InChI=1S/C5H9BO2/c1-2-3-4-5-8-6-7/h4-5H,2-3H2,1H3. The van der Waals surface area contributed by atoms with Crippen LogP contribution in [0.5, 0.6) is 0 Å². The van der Waals surface area contributed by atoms with Crippen molar-refractivity contribution in [2.75, 3.05) is 0 Å². The number of rotatable bonds is 4. The Morgan fingerprint density at radius 1 is 1.75 bits per heavy atom. The first-order valence-electron chi connectivity index (χ1n) is 2.66. The molecule has 0 aliphatic rings. The van der Waals surface area contributed by atoms with Crippen LogP contribution in [0.1, 0.15) is 19.8 Å². The molecule has 0 bridgehead atoms.